The largest absolute Gasteiger partial charge is 0.467 e. The van der Waals surface area contributed by atoms with Gasteiger partial charge in [-0.1, -0.05) is 30.3 Å². The van der Waals surface area contributed by atoms with E-state index in [0.29, 0.717) is 5.76 Å². The molecule has 3 aromatic rings. The van der Waals surface area contributed by atoms with Crippen LogP contribution in [0.4, 0.5) is 4.79 Å². The molecule has 3 rings (SSSR count). The van der Waals surface area contributed by atoms with Crippen LogP contribution in [0.2, 0.25) is 0 Å². The van der Waals surface area contributed by atoms with Crippen molar-refractivity contribution < 1.29 is 9.21 Å². The van der Waals surface area contributed by atoms with Crippen LogP contribution in [0.3, 0.4) is 0 Å². The minimum atomic E-state index is -0.338. The van der Waals surface area contributed by atoms with Gasteiger partial charge in [0.05, 0.1) is 12.3 Å². The Hall–Kier alpha value is -3.02. The number of carbonyl (C=O) groups is 1. The Balaban J connectivity index is 1.77. The number of rotatable bonds is 5. The quantitative estimate of drug-likeness (QED) is 0.757. The van der Waals surface area contributed by atoms with Crippen molar-refractivity contribution in [2.45, 2.75) is 19.0 Å². The lowest BCUT2D eigenvalue weighted by molar-refractivity contribution is 0.233. The van der Waals surface area contributed by atoms with Crippen LogP contribution in [0.1, 0.15) is 36.2 Å². The fourth-order valence-corrected chi connectivity index (χ4v) is 2.58. The van der Waals surface area contributed by atoms with E-state index in [-0.39, 0.29) is 18.1 Å². The van der Waals surface area contributed by atoms with E-state index in [4.69, 9.17) is 4.42 Å². The van der Waals surface area contributed by atoms with Crippen molar-refractivity contribution in [1.82, 2.24) is 20.2 Å². The predicted molar refractivity (Wildman–Crippen MR) is 90.3 cm³/mol. The number of imidazole rings is 1. The van der Waals surface area contributed by atoms with Crippen molar-refractivity contribution >= 4 is 6.03 Å². The molecule has 2 atom stereocenters. The smallest absolute Gasteiger partial charge is 0.316 e. The van der Waals surface area contributed by atoms with E-state index in [2.05, 4.69) is 15.6 Å². The Kier molecular flexibility index (Phi) is 4.65. The van der Waals surface area contributed by atoms with Gasteiger partial charge in [-0.15, -0.1) is 0 Å². The Morgan fingerprint density at radius 2 is 1.96 bits per heavy atom. The van der Waals surface area contributed by atoms with Crippen LogP contribution in [0.5, 0.6) is 0 Å². The molecule has 0 bridgehead atoms. The molecule has 6 nitrogen and oxygen atoms in total. The molecule has 0 aliphatic heterocycles. The van der Waals surface area contributed by atoms with Crippen molar-refractivity contribution in [2.75, 3.05) is 0 Å². The number of hydrogen-bond donors (Lipinski definition) is 2. The second-order valence-corrected chi connectivity index (χ2v) is 5.59. The molecule has 0 spiro atoms. The third kappa shape index (κ3) is 3.48. The molecule has 2 heterocycles. The molecule has 124 valence electrons. The summed E-state index contributed by atoms with van der Waals surface area (Å²) in [6, 6.07) is 12.5. The zero-order valence-corrected chi connectivity index (χ0v) is 13.6. The topological polar surface area (TPSA) is 72.1 Å². The summed E-state index contributed by atoms with van der Waals surface area (Å²) in [5.74, 6) is 1.47. The average molecular weight is 324 g/mol. The number of carbonyl (C=O) groups excluding carboxylic acids is 1. The number of aryl methyl sites for hydroxylation is 1. The Labute approximate surface area is 140 Å². The summed E-state index contributed by atoms with van der Waals surface area (Å²) in [6.45, 7) is 1.87. The van der Waals surface area contributed by atoms with E-state index in [0.717, 1.165) is 11.4 Å². The van der Waals surface area contributed by atoms with Crippen molar-refractivity contribution in [3.05, 3.63) is 78.3 Å². The normalized spacial score (nSPS) is 13.2. The summed E-state index contributed by atoms with van der Waals surface area (Å²) in [6.07, 6.45) is 5.17. The molecule has 2 N–H and O–H groups in total. The number of amides is 2. The Bertz CT molecular complexity index is 780. The van der Waals surface area contributed by atoms with Crippen LogP contribution in [-0.4, -0.2) is 15.6 Å². The summed E-state index contributed by atoms with van der Waals surface area (Å²) in [7, 11) is 1.91. The highest BCUT2D eigenvalue weighted by Crippen LogP contribution is 2.20. The zero-order valence-electron chi connectivity index (χ0n) is 13.6. The maximum absolute atomic E-state index is 12.4. The minimum absolute atomic E-state index is 0.224. The van der Waals surface area contributed by atoms with Gasteiger partial charge in [-0.2, -0.15) is 0 Å². The van der Waals surface area contributed by atoms with E-state index in [1.807, 2.05) is 61.1 Å². The van der Waals surface area contributed by atoms with E-state index in [9.17, 15) is 4.79 Å². The van der Waals surface area contributed by atoms with Gasteiger partial charge in [-0.3, -0.25) is 0 Å². The Morgan fingerprint density at radius 1 is 1.17 bits per heavy atom. The summed E-state index contributed by atoms with van der Waals surface area (Å²) >= 11 is 0. The van der Waals surface area contributed by atoms with Crippen LogP contribution >= 0.6 is 0 Å². The molecular weight excluding hydrogens is 304 g/mol. The number of nitrogens with zero attached hydrogens (tertiary/aromatic N) is 2. The lowest BCUT2D eigenvalue weighted by Gasteiger charge is -2.21. The van der Waals surface area contributed by atoms with Gasteiger partial charge >= 0.3 is 6.03 Å². The molecule has 0 aliphatic carbocycles. The highest BCUT2D eigenvalue weighted by Gasteiger charge is 2.21. The number of urea groups is 1. The number of benzene rings is 1. The minimum Gasteiger partial charge on any atom is -0.467 e. The molecule has 0 fully saturated rings. The molecule has 2 aromatic heterocycles. The van der Waals surface area contributed by atoms with Gasteiger partial charge in [0.2, 0.25) is 0 Å². The fourth-order valence-electron chi connectivity index (χ4n) is 2.58. The molecule has 0 radical (unpaired) electrons. The lowest BCUT2D eigenvalue weighted by atomic mass is 10.1. The molecular formula is C18H20N4O2. The second kappa shape index (κ2) is 7.04. The van der Waals surface area contributed by atoms with Gasteiger partial charge in [0.15, 0.2) is 0 Å². The van der Waals surface area contributed by atoms with Gasteiger partial charge in [0.25, 0.3) is 0 Å². The molecule has 0 saturated carbocycles. The maximum atomic E-state index is 12.4. The lowest BCUT2D eigenvalue weighted by Crippen LogP contribution is -2.40. The van der Waals surface area contributed by atoms with E-state index < -0.39 is 0 Å². The average Bonchev–Trinajstić information content (AvgIpc) is 3.25. The molecule has 0 unspecified atom stereocenters. The molecule has 2 amide bonds. The highest BCUT2D eigenvalue weighted by molar-refractivity contribution is 5.75. The van der Waals surface area contributed by atoms with Crippen molar-refractivity contribution in [3.8, 4) is 0 Å². The fraction of sp³-hybridized carbons (Fsp3) is 0.222. The standard InChI is InChI=1S/C18H20N4O2/c1-13(15-9-6-12-24-15)20-18(23)21-16(14-7-4-3-5-8-14)17-19-10-11-22(17)2/h3-13,16H,1-2H3,(H2,20,21,23)/t13-,16+/m0/s1. The van der Waals surface area contributed by atoms with Crippen LogP contribution in [0.25, 0.3) is 0 Å². The van der Waals surface area contributed by atoms with Gasteiger partial charge in [0.1, 0.15) is 17.6 Å². The van der Waals surface area contributed by atoms with Gasteiger partial charge in [0, 0.05) is 19.4 Å². The van der Waals surface area contributed by atoms with Gasteiger partial charge < -0.3 is 19.6 Å². The summed E-state index contributed by atoms with van der Waals surface area (Å²) in [4.78, 5) is 16.8. The molecule has 0 saturated heterocycles. The maximum Gasteiger partial charge on any atom is 0.316 e. The van der Waals surface area contributed by atoms with Crippen molar-refractivity contribution in [3.63, 3.8) is 0 Å². The highest BCUT2D eigenvalue weighted by atomic mass is 16.3. The Morgan fingerprint density at radius 3 is 2.58 bits per heavy atom. The molecule has 6 heteroatoms. The zero-order chi connectivity index (χ0) is 16.9. The number of hydrogen-bond acceptors (Lipinski definition) is 3. The first-order chi connectivity index (χ1) is 11.6. The third-order valence-corrected chi connectivity index (χ3v) is 3.84. The summed E-state index contributed by atoms with van der Waals surface area (Å²) in [5.41, 5.74) is 0.965. The van der Waals surface area contributed by atoms with Gasteiger partial charge in [-0.25, -0.2) is 9.78 Å². The van der Waals surface area contributed by atoms with Crippen LogP contribution < -0.4 is 10.6 Å². The van der Waals surface area contributed by atoms with Crippen LogP contribution in [-0.2, 0) is 7.05 Å². The molecule has 0 aliphatic rings. The SMILES string of the molecule is C[C@H](NC(=O)N[C@H](c1ccccc1)c1nccn1C)c1ccco1. The molecule has 24 heavy (non-hydrogen) atoms. The predicted octanol–water partition coefficient (Wildman–Crippen LogP) is 3.16. The van der Waals surface area contributed by atoms with Gasteiger partial charge in [-0.05, 0) is 24.6 Å². The van der Waals surface area contributed by atoms with Crippen molar-refractivity contribution in [2.24, 2.45) is 7.05 Å². The number of aromatic nitrogens is 2. The third-order valence-electron chi connectivity index (χ3n) is 3.84. The first kappa shape index (κ1) is 15.9. The molecule has 1 aromatic carbocycles. The van der Waals surface area contributed by atoms with E-state index >= 15 is 0 Å². The second-order valence-electron chi connectivity index (χ2n) is 5.59. The van der Waals surface area contributed by atoms with Crippen molar-refractivity contribution in [1.29, 1.82) is 0 Å². The first-order valence-electron chi connectivity index (χ1n) is 7.77. The van der Waals surface area contributed by atoms with Crippen LogP contribution in [0.15, 0.2) is 65.5 Å². The van der Waals surface area contributed by atoms with E-state index in [1.54, 1.807) is 18.5 Å². The van der Waals surface area contributed by atoms with E-state index in [1.165, 1.54) is 0 Å². The monoisotopic (exact) mass is 324 g/mol. The number of furan rings is 1. The summed E-state index contributed by atoms with van der Waals surface area (Å²) < 4.78 is 7.21. The first-order valence-corrected chi connectivity index (χ1v) is 7.77. The number of nitrogens with one attached hydrogen (secondary N) is 2. The summed E-state index contributed by atoms with van der Waals surface area (Å²) in [5, 5.41) is 5.88. The van der Waals surface area contributed by atoms with Crippen LogP contribution in [0, 0.1) is 0 Å².